The molecule has 0 aliphatic rings. The monoisotopic (exact) mass is 203 g/mol. The molecule has 0 aliphatic carbocycles. The van der Waals surface area contributed by atoms with Crippen LogP contribution in [0.1, 0.15) is 0 Å². The number of carbonyl (C=O) groups excluding carboxylic acids is 1. The van der Waals surface area contributed by atoms with Gasteiger partial charge in [-0.25, -0.2) is 4.79 Å². The predicted molar refractivity (Wildman–Crippen MR) is 56.7 cm³/mol. The van der Waals surface area contributed by atoms with Gasteiger partial charge in [0.25, 0.3) is 0 Å². The molecular weight excluding hydrogens is 198 g/mol. The summed E-state index contributed by atoms with van der Waals surface area (Å²) in [5.41, 5.74) is 0.597. The molecule has 0 N–H and O–H groups in total. The van der Waals surface area contributed by atoms with E-state index in [0.29, 0.717) is 10.7 Å². The fourth-order valence-electron chi connectivity index (χ4n) is 1.39. The van der Waals surface area contributed by atoms with Crippen molar-refractivity contribution in [1.29, 1.82) is 0 Å². The highest BCUT2D eigenvalue weighted by atomic mass is 35.5. The average molecular weight is 204 g/mol. The molecule has 0 aliphatic heterocycles. The zero-order valence-corrected chi connectivity index (χ0v) is 7.95. The fourth-order valence-corrected chi connectivity index (χ4v) is 1.62. The van der Waals surface area contributed by atoms with Crippen LogP contribution >= 0.6 is 11.6 Å². The third-order valence-corrected chi connectivity index (χ3v) is 2.34. The highest BCUT2D eigenvalue weighted by Crippen LogP contribution is 2.30. The van der Waals surface area contributed by atoms with Gasteiger partial charge in [0.1, 0.15) is 0 Å². The topological polar surface area (TPSA) is 29.4 Å². The third kappa shape index (κ3) is 1.41. The van der Waals surface area contributed by atoms with Crippen LogP contribution in [0.4, 0.5) is 5.69 Å². The second-order valence-electron chi connectivity index (χ2n) is 2.82. The van der Waals surface area contributed by atoms with Gasteiger partial charge >= 0.3 is 0 Å². The predicted octanol–water partition coefficient (Wildman–Crippen LogP) is 3.46. The van der Waals surface area contributed by atoms with Gasteiger partial charge in [-0.15, -0.1) is 0 Å². The number of nitrogens with zero attached hydrogens (tertiary/aromatic N) is 1. The van der Waals surface area contributed by atoms with E-state index >= 15 is 0 Å². The van der Waals surface area contributed by atoms with Gasteiger partial charge in [0.05, 0.1) is 5.69 Å². The molecule has 0 bridgehead atoms. The zero-order valence-electron chi connectivity index (χ0n) is 7.20. The number of hydrogen-bond donors (Lipinski definition) is 0. The normalized spacial score (nSPS) is 9.79. The standard InChI is InChI=1S/C11H6ClNO/c12-10-5-6-11(13-7-14)9-4-2-1-3-8(9)10/h1-6H. The summed E-state index contributed by atoms with van der Waals surface area (Å²) in [5, 5.41) is 2.42. The third-order valence-electron chi connectivity index (χ3n) is 2.01. The summed E-state index contributed by atoms with van der Waals surface area (Å²) in [4.78, 5) is 13.8. The SMILES string of the molecule is O=C=Nc1ccc(Cl)c2ccccc12. The molecule has 2 aromatic rings. The molecular formula is C11H6ClNO. The van der Waals surface area contributed by atoms with Gasteiger partial charge in [-0.3, -0.25) is 0 Å². The highest BCUT2D eigenvalue weighted by molar-refractivity contribution is 6.36. The quantitative estimate of drug-likeness (QED) is 0.516. The molecule has 0 spiro atoms. The number of aliphatic imine (C=N–C) groups is 1. The van der Waals surface area contributed by atoms with Crippen LogP contribution in [0.5, 0.6) is 0 Å². The number of fused-ring (bicyclic) bond motifs is 1. The lowest BCUT2D eigenvalue weighted by molar-refractivity contribution is 0.565. The largest absolute Gasteiger partial charge is 0.240 e. The van der Waals surface area contributed by atoms with E-state index in [9.17, 15) is 4.79 Å². The molecule has 0 atom stereocenters. The van der Waals surface area contributed by atoms with E-state index < -0.39 is 0 Å². The lowest BCUT2D eigenvalue weighted by atomic mass is 10.1. The maximum atomic E-state index is 10.2. The molecule has 14 heavy (non-hydrogen) atoms. The number of halogens is 1. The summed E-state index contributed by atoms with van der Waals surface area (Å²) >= 11 is 5.99. The molecule has 2 rings (SSSR count). The van der Waals surface area contributed by atoms with E-state index in [2.05, 4.69) is 4.99 Å². The molecule has 3 heteroatoms. The summed E-state index contributed by atoms with van der Waals surface area (Å²) in [6.45, 7) is 0. The van der Waals surface area contributed by atoms with Gasteiger partial charge in [-0.05, 0) is 12.1 Å². The average Bonchev–Trinajstić information content (AvgIpc) is 2.23. The maximum absolute atomic E-state index is 10.2. The summed E-state index contributed by atoms with van der Waals surface area (Å²) in [7, 11) is 0. The van der Waals surface area contributed by atoms with Crippen LogP contribution in [-0.4, -0.2) is 6.08 Å². The Kier molecular flexibility index (Phi) is 2.32. The Morgan fingerprint density at radius 3 is 2.50 bits per heavy atom. The minimum atomic E-state index is 0.597. The maximum Gasteiger partial charge on any atom is 0.240 e. The second-order valence-corrected chi connectivity index (χ2v) is 3.22. The fraction of sp³-hybridized carbons (Fsp3) is 0. The van der Waals surface area contributed by atoms with Gasteiger partial charge < -0.3 is 0 Å². The van der Waals surface area contributed by atoms with Crippen molar-refractivity contribution >= 4 is 34.1 Å². The summed E-state index contributed by atoms with van der Waals surface area (Å²) in [6.07, 6.45) is 1.53. The zero-order chi connectivity index (χ0) is 9.97. The Morgan fingerprint density at radius 2 is 1.79 bits per heavy atom. The summed E-state index contributed by atoms with van der Waals surface area (Å²) in [6, 6.07) is 11.0. The van der Waals surface area contributed by atoms with E-state index in [-0.39, 0.29) is 0 Å². The van der Waals surface area contributed by atoms with E-state index in [0.717, 1.165) is 10.8 Å². The molecule has 0 amide bonds. The smallest absolute Gasteiger partial charge is 0.211 e. The molecule has 0 radical (unpaired) electrons. The molecule has 0 aromatic heterocycles. The molecule has 2 aromatic carbocycles. The van der Waals surface area contributed by atoms with Gasteiger partial charge in [-0.1, -0.05) is 35.9 Å². The first-order valence-corrected chi connectivity index (χ1v) is 4.46. The van der Waals surface area contributed by atoms with Crippen molar-refractivity contribution in [3.05, 3.63) is 41.4 Å². The lowest BCUT2D eigenvalue weighted by Gasteiger charge is -2.01. The number of benzene rings is 2. The van der Waals surface area contributed by atoms with Crippen LogP contribution in [0.2, 0.25) is 5.02 Å². The van der Waals surface area contributed by atoms with Crippen molar-refractivity contribution in [2.24, 2.45) is 4.99 Å². The minimum Gasteiger partial charge on any atom is -0.211 e. The van der Waals surface area contributed by atoms with Crippen LogP contribution in [0.25, 0.3) is 10.8 Å². The van der Waals surface area contributed by atoms with E-state index in [1.165, 1.54) is 6.08 Å². The molecule has 0 unspecified atom stereocenters. The molecule has 0 heterocycles. The van der Waals surface area contributed by atoms with E-state index in [1.54, 1.807) is 12.1 Å². The molecule has 68 valence electrons. The van der Waals surface area contributed by atoms with Crippen molar-refractivity contribution in [3.8, 4) is 0 Å². The van der Waals surface area contributed by atoms with Crippen molar-refractivity contribution in [2.75, 3.05) is 0 Å². The van der Waals surface area contributed by atoms with Crippen molar-refractivity contribution in [1.82, 2.24) is 0 Å². The lowest BCUT2D eigenvalue weighted by Crippen LogP contribution is -1.74. The second kappa shape index (κ2) is 3.62. The first-order valence-electron chi connectivity index (χ1n) is 4.08. The van der Waals surface area contributed by atoms with Crippen molar-refractivity contribution in [3.63, 3.8) is 0 Å². The van der Waals surface area contributed by atoms with Crippen LogP contribution in [0.15, 0.2) is 41.4 Å². The van der Waals surface area contributed by atoms with Crippen LogP contribution in [-0.2, 0) is 4.79 Å². The first kappa shape index (κ1) is 8.95. The highest BCUT2D eigenvalue weighted by Gasteiger charge is 2.02. The number of hydrogen-bond acceptors (Lipinski definition) is 2. The minimum absolute atomic E-state index is 0.597. The van der Waals surface area contributed by atoms with Crippen LogP contribution in [0, 0.1) is 0 Å². The van der Waals surface area contributed by atoms with Gasteiger partial charge in [-0.2, -0.15) is 4.99 Å². The first-order chi connectivity index (χ1) is 6.83. The Labute approximate surface area is 85.8 Å². The van der Waals surface area contributed by atoms with Crippen molar-refractivity contribution in [2.45, 2.75) is 0 Å². The van der Waals surface area contributed by atoms with Crippen LogP contribution < -0.4 is 0 Å². The van der Waals surface area contributed by atoms with E-state index in [4.69, 9.17) is 11.6 Å². The van der Waals surface area contributed by atoms with Gasteiger partial charge in [0.2, 0.25) is 6.08 Å². The van der Waals surface area contributed by atoms with Crippen LogP contribution in [0.3, 0.4) is 0 Å². The molecule has 0 saturated heterocycles. The Bertz CT molecular complexity index is 530. The number of rotatable bonds is 1. The molecule has 0 saturated carbocycles. The van der Waals surface area contributed by atoms with Crippen molar-refractivity contribution < 1.29 is 4.79 Å². The van der Waals surface area contributed by atoms with E-state index in [1.807, 2.05) is 24.3 Å². The summed E-state index contributed by atoms with van der Waals surface area (Å²) < 4.78 is 0. The molecule has 2 nitrogen and oxygen atoms in total. The Balaban J connectivity index is 2.88. The molecule has 0 fully saturated rings. The van der Waals surface area contributed by atoms with Gasteiger partial charge in [0, 0.05) is 15.8 Å². The Morgan fingerprint density at radius 1 is 1.07 bits per heavy atom. The van der Waals surface area contributed by atoms with Gasteiger partial charge in [0.15, 0.2) is 0 Å². The summed E-state index contributed by atoms with van der Waals surface area (Å²) in [5.74, 6) is 0. The number of isocyanates is 1. The Hall–Kier alpha value is -1.63.